The van der Waals surface area contributed by atoms with Gasteiger partial charge in [-0.1, -0.05) is 13.0 Å². The van der Waals surface area contributed by atoms with Crippen LogP contribution in [0, 0.1) is 11.6 Å². The number of aryl methyl sites for hydroxylation is 1. The number of fused-ring (bicyclic) bond motifs is 2. The number of anilines is 1. The van der Waals surface area contributed by atoms with Crippen molar-refractivity contribution in [1.29, 1.82) is 0 Å². The summed E-state index contributed by atoms with van der Waals surface area (Å²) < 4.78 is 32.4. The predicted octanol–water partition coefficient (Wildman–Crippen LogP) is 6.25. The normalized spacial score (nSPS) is 14.9. The Morgan fingerprint density at radius 2 is 1.89 bits per heavy atom. The Hall–Kier alpha value is -4.07. The number of hydrogen-bond acceptors (Lipinski definition) is 4. The van der Waals surface area contributed by atoms with Crippen molar-refractivity contribution in [2.24, 2.45) is 0 Å². The lowest BCUT2D eigenvalue weighted by molar-refractivity contribution is 0.459. The molecule has 1 N–H and O–H groups in total. The maximum Gasteiger partial charge on any atom is 0.223 e. The number of nitrogens with zero attached hydrogens (tertiary/aromatic N) is 5. The molecule has 182 valence electrons. The topological polar surface area (TPSA) is 60.6 Å². The van der Waals surface area contributed by atoms with E-state index in [1.165, 1.54) is 18.2 Å². The zero-order valence-electron chi connectivity index (χ0n) is 20.0. The SMILES string of the molecule is CCCNc1nccc(-c2c(-c3ccc(F)cc3)nc3n2[C@H](Cn2ccc4c(F)cccc42)CC3)n1. The van der Waals surface area contributed by atoms with E-state index in [2.05, 4.69) is 26.4 Å². The van der Waals surface area contributed by atoms with Crippen LogP contribution in [0.25, 0.3) is 33.5 Å². The van der Waals surface area contributed by atoms with E-state index >= 15 is 0 Å². The minimum Gasteiger partial charge on any atom is -0.354 e. The standard InChI is InChI=1S/C28H26F2N6/c1-2-14-31-28-32-15-12-23(33-28)27-26(18-6-8-19(29)9-7-18)34-25-11-10-20(36(25)27)17-35-16-13-21-22(30)4-3-5-24(21)35/h3-9,12-13,15-16,20H,2,10-11,14,17H2,1H3,(H,31,32,33)/t20-/m0/s1. The van der Waals surface area contributed by atoms with Crippen LogP contribution >= 0.6 is 0 Å². The second-order valence-corrected chi connectivity index (χ2v) is 9.13. The molecule has 0 saturated carbocycles. The predicted molar refractivity (Wildman–Crippen MR) is 137 cm³/mol. The van der Waals surface area contributed by atoms with Crippen molar-refractivity contribution < 1.29 is 8.78 Å². The molecule has 0 amide bonds. The van der Waals surface area contributed by atoms with E-state index in [9.17, 15) is 8.78 Å². The third-order valence-electron chi connectivity index (χ3n) is 6.77. The molecule has 3 aromatic heterocycles. The van der Waals surface area contributed by atoms with Crippen LogP contribution in [0.3, 0.4) is 0 Å². The third kappa shape index (κ3) is 3.92. The highest BCUT2D eigenvalue weighted by Gasteiger charge is 2.31. The number of imidazole rings is 1. The first-order valence-electron chi connectivity index (χ1n) is 12.3. The molecule has 36 heavy (non-hydrogen) atoms. The monoisotopic (exact) mass is 484 g/mol. The number of halogens is 2. The Labute approximate surface area is 207 Å². The summed E-state index contributed by atoms with van der Waals surface area (Å²) in [5.41, 5.74) is 4.14. The number of hydrogen-bond donors (Lipinski definition) is 1. The van der Waals surface area contributed by atoms with Gasteiger partial charge in [-0.05, 0) is 61.4 Å². The molecule has 1 aliphatic rings. The first-order valence-corrected chi connectivity index (χ1v) is 12.3. The lowest BCUT2D eigenvalue weighted by atomic mass is 10.1. The summed E-state index contributed by atoms with van der Waals surface area (Å²) in [5, 5.41) is 3.88. The highest BCUT2D eigenvalue weighted by atomic mass is 19.1. The van der Waals surface area contributed by atoms with Gasteiger partial charge in [0.05, 0.1) is 28.6 Å². The van der Waals surface area contributed by atoms with Crippen LogP contribution < -0.4 is 5.32 Å². The van der Waals surface area contributed by atoms with Crippen LogP contribution in [0.4, 0.5) is 14.7 Å². The van der Waals surface area contributed by atoms with Crippen molar-refractivity contribution in [3.63, 3.8) is 0 Å². The Morgan fingerprint density at radius 1 is 1.03 bits per heavy atom. The maximum absolute atomic E-state index is 14.3. The first-order chi connectivity index (χ1) is 17.6. The average Bonchev–Trinajstić information content (AvgIpc) is 3.59. The molecule has 0 unspecified atom stereocenters. The fourth-order valence-corrected chi connectivity index (χ4v) is 5.08. The molecule has 0 fully saturated rings. The zero-order chi connectivity index (χ0) is 24.6. The molecule has 1 aliphatic heterocycles. The Bertz CT molecular complexity index is 1540. The molecule has 0 bridgehead atoms. The van der Waals surface area contributed by atoms with Crippen LogP contribution in [-0.2, 0) is 13.0 Å². The summed E-state index contributed by atoms with van der Waals surface area (Å²) in [5.74, 6) is 1.04. The van der Waals surface area contributed by atoms with Crippen molar-refractivity contribution in [3.8, 4) is 22.6 Å². The van der Waals surface area contributed by atoms with E-state index in [0.717, 1.165) is 59.8 Å². The van der Waals surface area contributed by atoms with Gasteiger partial charge in [-0.15, -0.1) is 0 Å². The maximum atomic E-state index is 14.3. The van der Waals surface area contributed by atoms with Crippen LogP contribution in [0.1, 0.15) is 31.6 Å². The Balaban J connectivity index is 1.46. The van der Waals surface area contributed by atoms with E-state index < -0.39 is 0 Å². The van der Waals surface area contributed by atoms with E-state index in [0.29, 0.717) is 17.9 Å². The van der Waals surface area contributed by atoms with Crippen molar-refractivity contribution in [2.75, 3.05) is 11.9 Å². The van der Waals surface area contributed by atoms with Crippen LogP contribution in [0.2, 0.25) is 0 Å². The van der Waals surface area contributed by atoms with Crippen LogP contribution in [0.5, 0.6) is 0 Å². The first kappa shape index (κ1) is 22.4. The van der Waals surface area contributed by atoms with Gasteiger partial charge in [-0.3, -0.25) is 0 Å². The van der Waals surface area contributed by atoms with Gasteiger partial charge in [0.1, 0.15) is 17.5 Å². The van der Waals surface area contributed by atoms with E-state index in [1.807, 2.05) is 24.4 Å². The molecule has 4 heterocycles. The van der Waals surface area contributed by atoms with E-state index in [4.69, 9.17) is 9.97 Å². The summed E-state index contributed by atoms with van der Waals surface area (Å²) in [7, 11) is 0. The second kappa shape index (κ2) is 9.18. The summed E-state index contributed by atoms with van der Waals surface area (Å²) >= 11 is 0. The minimum absolute atomic E-state index is 0.109. The van der Waals surface area contributed by atoms with Crippen molar-refractivity contribution in [3.05, 3.63) is 84.4 Å². The van der Waals surface area contributed by atoms with Gasteiger partial charge in [-0.2, -0.15) is 0 Å². The lowest BCUT2D eigenvalue weighted by Gasteiger charge is -2.19. The average molecular weight is 485 g/mol. The van der Waals surface area contributed by atoms with Crippen molar-refractivity contribution in [2.45, 2.75) is 38.8 Å². The van der Waals surface area contributed by atoms with E-state index in [1.54, 1.807) is 24.4 Å². The molecule has 0 aliphatic carbocycles. The number of benzene rings is 2. The highest BCUT2D eigenvalue weighted by molar-refractivity contribution is 5.81. The van der Waals surface area contributed by atoms with Gasteiger partial charge in [0.25, 0.3) is 0 Å². The van der Waals surface area contributed by atoms with Crippen LogP contribution in [-0.4, -0.2) is 30.6 Å². The van der Waals surface area contributed by atoms with Gasteiger partial charge in [0.2, 0.25) is 5.95 Å². The van der Waals surface area contributed by atoms with Crippen LogP contribution in [0.15, 0.2) is 67.0 Å². The Morgan fingerprint density at radius 3 is 2.72 bits per heavy atom. The highest BCUT2D eigenvalue weighted by Crippen LogP contribution is 2.40. The van der Waals surface area contributed by atoms with E-state index in [-0.39, 0.29) is 17.7 Å². The zero-order valence-corrected chi connectivity index (χ0v) is 20.0. The Kier molecular flexibility index (Phi) is 5.71. The molecule has 1 atom stereocenters. The van der Waals surface area contributed by atoms with Gasteiger partial charge in [0, 0.05) is 42.9 Å². The largest absolute Gasteiger partial charge is 0.354 e. The minimum atomic E-state index is -0.287. The summed E-state index contributed by atoms with van der Waals surface area (Å²) in [4.78, 5) is 14.2. The molecule has 5 aromatic rings. The fraction of sp³-hybridized carbons (Fsp3) is 0.250. The number of nitrogens with one attached hydrogen (secondary N) is 1. The molecule has 6 rings (SSSR count). The second-order valence-electron chi connectivity index (χ2n) is 9.13. The fourth-order valence-electron chi connectivity index (χ4n) is 5.08. The lowest BCUT2D eigenvalue weighted by Crippen LogP contribution is -2.14. The van der Waals surface area contributed by atoms with Crippen molar-refractivity contribution in [1.82, 2.24) is 24.1 Å². The molecule has 6 nitrogen and oxygen atoms in total. The molecule has 8 heteroatoms. The van der Waals surface area contributed by atoms with Gasteiger partial charge >= 0.3 is 0 Å². The molecular formula is C28H26F2N6. The number of aromatic nitrogens is 5. The van der Waals surface area contributed by atoms with Gasteiger partial charge in [-0.25, -0.2) is 23.7 Å². The molecule has 0 spiro atoms. The molecular weight excluding hydrogens is 458 g/mol. The quantitative estimate of drug-likeness (QED) is 0.297. The van der Waals surface area contributed by atoms with Gasteiger partial charge < -0.3 is 14.5 Å². The molecule has 0 saturated heterocycles. The third-order valence-corrected chi connectivity index (χ3v) is 6.77. The summed E-state index contributed by atoms with van der Waals surface area (Å²) in [6.07, 6.45) is 6.39. The van der Waals surface area contributed by atoms with Gasteiger partial charge in [0.15, 0.2) is 0 Å². The summed E-state index contributed by atoms with van der Waals surface area (Å²) in [6.45, 7) is 3.55. The molecule has 0 radical (unpaired) electrons. The smallest absolute Gasteiger partial charge is 0.223 e. The van der Waals surface area contributed by atoms with Crippen molar-refractivity contribution >= 4 is 16.9 Å². The summed E-state index contributed by atoms with van der Waals surface area (Å²) in [6, 6.07) is 15.4. The number of rotatable bonds is 7. The molecule has 2 aromatic carbocycles.